The lowest BCUT2D eigenvalue weighted by molar-refractivity contribution is 0.0239. The summed E-state index contributed by atoms with van der Waals surface area (Å²) >= 11 is 0. The predicted molar refractivity (Wildman–Crippen MR) is 63.9 cm³/mol. The van der Waals surface area contributed by atoms with E-state index in [0.29, 0.717) is 11.8 Å². The van der Waals surface area contributed by atoms with E-state index in [9.17, 15) is 5.11 Å². The Morgan fingerprint density at radius 1 is 1.53 bits per heavy atom. The molecule has 15 heavy (non-hydrogen) atoms. The minimum absolute atomic E-state index is 0.120. The second kappa shape index (κ2) is 6.46. The van der Waals surface area contributed by atoms with Crippen LogP contribution in [0.1, 0.15) is 27.2 Å². The van der Waals surface area contributed by atoms with Crippen molar-refractivity contribution in [1.82, 2.24) is 10.2 Å². The fourth-order valence-electron chi connectivity index (χ4n) is 2.18. The van der Waals surface area contributed by atoms with Crippen molar-refractivity contribution in [3.63, 3.8) is 0 Å². The highest BCUT2D eigenvalue weighted by Crippen LogP contribution is 2.17. The summed E-state index contributed by atoms with van der Waals surface area (Å²) in [7, 11) is 0. The highest BCUT2D eigenvalue weighted by atomic mass is 16.3. The molecule has 2 N–H and O–H groups in total. The fraction of sp³-hybridized carbons (Fsp3) is 1.00. The second-order valence-electron chi connectivity index (χ2n) is 5.01. The van der Waals surface area contributed by atoms with Crippen molar-refractivity contribution in [2.45, 2.75) is 33.3 Å². The van der Waals surface area contributed by atoms with Gasteiger partial charge in [0.15, 0.2) is 0 Å². The van der Waals surface area contributed by atoms with Crippen molar-refractivity contribution in [1.29, 1.82) is 0 Å². The van der Waals surface area contributed by atoms with Gasteiger partial charge in [-0.3, -0.25) is 0 Å². The van der Waals surface area contributed by atoms with E-state index in [1.165, 1.54) is 0 Å². The number of nitrogens with zero attached hydrogens (tertiary/aromatic N) is 1. The topological polar surface area (TPSA) is 35.5 Å². The third kappa shape index (κ3) is 4.49. The Morgan fingerprint density at radius 2 is 2.27 bits per heavy atom. The smallest absolute Gasteiger partial charge is 0.0693 e. The van der Waals surface area contributed by atoms with Crippen LogP contribution in [0.25, 0.3) is 0 Å². The van der Waals surface area contributed by atoms with E-state index in [4.69, 9.17) is 0 Å². The van der Waals surface area contributed by atoms with Crippen molar-refractivity contribution in [3.8, 4) is 0 Å². The molecule has 0 aliphatic carbocycles. The van der Waals surface area contributed by atoms with E-state index >= 15 is 0 Å². The van der Waals surface area contributed by atoms with Gasteiger partial charge < -0.3 is 15.3 Å². The van der Waals surface area contributed by atoms with Crippen LogP contribution < -0.4 is 5.32 Å². The van der Waals surface area contributed by atoms with Gasteiger partial charge in [0, 0.05) is 13.1 Å². The number of rotatable bonds is 5. The zero-order valence-corrected chi connectivity index (χ0v) is 10.4. The monoisotopic (exact) mass is 214 g/mol. The maximum Gasteiger partial charge on any atom is 0.0693 e. The van der Waals surface area contributed by atoms with Gasteiger partial charge in [0.1, 0.15) is 0 Å². The Balaban J connectivity index is 2.21. The van der Waals surface area contributed by atoms with Crippen molar-refractivity contribution in [2.75, 3.05) is 32.7 Å². The molecule has 1 rings (SSSR count). The Kier molecular flexibility index (Phi) is 5.58. The van der Waals surface area contributed by atoms with Gasteiger partial charge in [-0.15, -0.1) is 0 Å². The van der Waals surface area contributed by atoms with Crippen molar-refractivity contribution in [2.24, 2.45) is 11.8 Å². The largest absolute Gasteiger partial charge is 0.392 e. The number of hydrogen-bond acceptors (Lipinski definition) is 3. The Morgan fingerprint density at radius 3 is 2.87 bits per heavy atom. The van der Waals surface area contributed by atoms with Crippen LogP contribution in [0, 0.1) is 11.8 Å². The highest BCUT2D eigenvalue weighted by Gasteiger charge is 2.24. The zero-order valence-electron chi connectivity index (χ0n) is 10.4. The Bertz CT molecular complexity index is 175. The number of hydrogen-bond donors (Lipinski definition) is 2. The number of aliphatic hydroxyl groups excluding tert-OH is 1. The van der Waals surface area contributed by atoms with Crippen LogP contribution in [0.5, 0.6) is 0 Å². The lowest BCUT2D eigenvalue weighted by Crippen LogP contribution is -2.45. The number of likely N-dealkylation sites (tertiary alicyclic amines) is 1. The molecule has 1 saturated heterocycles. The lowest BCUT2D eigenvalue weighted by Gasteiger charge is -2.35. The van der Waals surface area contributed by atoms with E-state index in [1.807, 2.05) is 0 Å². The van der Waals surface area contributed by atoms with E-state index in [-0.39, 0.29) is 6.10 Å². The second-order valence-corrected chi connectivity index (χ2v) is 5.01. The molecular weight excluding hydrogens is 188 g/mol. The van der Waals surface area contributed by atoms with E-state index in [0.717, 1.165) is 39.1 Å². The lowest BCUT2D eigenvalue weighted by atomic mass is 9.95. The van der Waals surface area contributed by atoms with Crippen LogP contribution in [0.4, 0.5) is 0 Å². The van der Waals surface area contributed by atoms with Crippen LogP contribution in [-0.2, 0) is 0 Å². The minimum Gasteiger partial charge on any atom is -0.392 e. The number of nitrogens with one attached hydrogen (secondary N) is 1. The van der Waals surface area contributed by atoms with Gasteiger partial charge in [-0.25, -0.2) is 0 Å². The van der Waals surface area contributed by atoms with Gasteiger partial charge in [0.2, 0.25) is 0 Å². The van der Waals surface area contributed by atoms with Crippen LogP contribution in [0.3, 0.4) is 0 Å². The third-order valence-electron chi connectivity index (χ3n) is 3.32. The van der Waals surface area contributed by atoms with Crippen LogP contribution in [-0.4, -0.2) is 48.8 Å². The molecule has 3 heteroatoms. The standard InChI is InChI=1S/C12H26N2O/c1-4-13-7-10(2)8-14-6-5-11(3)12(15)9-14/h10-13,15H,4-9H2,1-3H3. The maximum absolute atomic E-state index is 9.78. The van der Waals surface area contributed by atoms with Crippen molar-refractivity contribution in [3.05, 3.63) is 0 Å². The minimum atomic E-state index is -0.120. The molecule has 1 aliphatic rings. The van der Waals surface area contributed by atoms with Crippen molar-refractivity contribution < 1.29 is 5.11 Å². The summed E-state index contributed by atoms with van der Waals surface area (Å²) < 4.78 is 0. The normalized spacial score (nSPS) is 30.4. The average Bonchev–Trinajstić information content (AvgIpc) is 2.20. The van der Waals surface area contributed by atoms with Gasteiger partial charge in [-0.2, -0.15) is 0 Å². The zero-order chi connectivity index (χ0) is 11.3. The first-order chi connectivity index (χ1) is 7.13. The maximum atomic E-state index is 9.78. The summed E-state index contributed by atoms with van der Waals surface area (Å²) in [5.74, 6) is 1.15. The molecule has 0 amide bonds. The Labute approximate surface area is 93.9 Å². The van der Waals surface area contributed by atoms with Crippen LogP contribution in [0.15, 0.2) is 0 Å². The molecule has 3 unspecified atom stereocenters. The van der Waals surface area contributed by atoms with Gasteiger partial charge in [-0.05, 0) is 37.9 Å². The molecule has 0 saturated carbocycles. The average molecular weight is 214 g/mol. The fourth-order valence-corrected chi connectivity index (χ4v) is 2.18. The van der Waals surface area contributed by atoms with E-state index in [1.54, 1.807) is 0 Å². The molecule has 1 aliphatic heterocycles. The van der Waals surface area contributed by atoms with Gasteiger partial charge in [-0.1, -0.05) is 20.8 Å². The summed E-state index contributed by atoms with van der Waals surface area (Å²) in [4.78, 5) is 2.40. The molecular formula is C12H26N2O. The molecule has 3 nitrogen and oxygen atoms in total. The summed E-state index contributed by atoms with van der Waals surface area (Å²) in [5, 5.41) is 13.1. The SMILES string of the molecule is CCNCC(C)CN1CCC(C)C(O)C1. The first-order valence-electron chi connectivity index (χ1n) is 6.24. The molecule has 0 aromatic carbocycles. The van der Waals surface area contributed by atoms with Gasteiger partial charge >= 0.3 is 0 Å². The summed E-state index contributed by atoms with van der Waals surface area (Å²) in [5.41, 5.74) is 0. The summed E-state index contributed by atoms with van der Waals surface area (Å²) in [6.07, 6.45) is 1.01. The molecule has 1 heterocycles. The van der Waals surface area contributed by atoms with Gasteiger partial charge in [0.05, 0.1) is 6.10 Å². The van der Waals surface area contributed by atoms with E-state index in [2.05, 4.69) is 31.0 Å². The quantitative estimate of drug-likeness (QED) is 0.715. The summed E-state index contributed by atoms with van der Waals surface area (Å²) in [6.45, 7) is 11.8. The molecule has 0 bridgehead atoms. The number of β-amino-alcohol motifs (C(OH)–C–C–N with tert-alkyl or cyclic N) is 1. The molecule has 0 aromatic rings. The summed E-state index contributed by atoms with van der Waals surface area (Å²) in [6, 6.07) is 0. The highest BCUT2D eigenvalue weighted by molar-refractivity contribution is 4.78. The molecule has 90 valence electrons. The molecule has 0 radical (unpaired) electrons. The first kappa shape index (κ1) is 12.9. The predicted octanol–water partition coefficient (Wildman–Crippen LogP) is 0.935. The molecule has 3 atom stereocenters. The van der Waals surface area contributed by atoms with E-state index < -0.39 is 0 Å². The number of piperidine rings is 1. The van der Waals surface area contributed by atoms with Gasteiger partial charge in [0.25, 0.3) is 0 Å². The van der Waals surface area contributed by atoms with Crippen molar-refractivity contribution >= 4 is 0 Å². The third-order valence-corrected chi connectivity index (χ3v) is 3.32. The molecule has 0 spiro atoms. The molecule has 0 aromatic heterocycles. The Hall–Kier alpha value is -0.120. The van der Waals surface area contributed by atoms with Crippen LogP contribution >= 0.6 is 0 Å². The molecule has 1 fully saturated rings. The first-order valence-corrected chi connectivity index (χ1v) is 6.24. The number of aliphatic hydroxyl groups is 1. The van der Waals surface area contributed by atoms with Crippen LogP contribution in [0.2, 0.25) is 0 Å².